The minimum atomic E-state index is -0.316. The smallest absolute Gasteiger partial charge is 0.0847 e. The summed E-state index contributed by atoms with van der Waals surface area (Å²) in [5.74, 6) is 0. The van der Waals surface area contributed by atoms with Crippen molar-refractivity contribution in [1.29, 1.82) is 0 Å². The Bertz CT molecular complexity index is 256. The molecule has 0 bridgehead atoms. The molecule has 1 N–H and O–H groups in total. The molecule has 0 fully saturated rings. The van der Waals surface area contributed by atoms with Gasteiger partial charge < -0.3 is 5.11 Å². The standard InChI is InChI=1S/C8H7ClO/c9-6-3-1-2-5-4-7(10)8(5)6/h1-3,7,10H,4H2. The van der Waals surface area contributed by atoms with Crippen LogP contribution in [0.3, 0.4) is 0 Å². The monoisotopic (exact) mass is 154 g/mol. The van der Waals surface area contributed by atoms with E-state index in [-0.39, 0.29) is 6.10 Å². The number of halogens is 1. The molecule has 1 atom stereocenters. The SMILES string of the molecule is OC1Cc2cccc(Cl)c21. The zero-order valence-electron chi connectivity index (χ0n) is 5.34. The molecule has 2 rings (SSSR count). The van der Waals surface area contributed by atoms with Crippen LogP contribution in [0.15, 0.2) is 18.2 Å². The van der Waals surface area contributed by atoms with Gasteiger partial charge in [-0.3, -0.25) is 0 Å². The molecule has 0 saturated heterocycles. The fourth-order valence-corrected chi connectivity index (χ4v) is 1.63. The Hall–Kier alpha value is -0.530. The number of hydrogen-bond donors (Lipinski definition) is 1. The second-order valence-corrected chi connectivity index (χ2v) is 2.94. The Labute approximate surface area is 64.3 Å². The average molecular weight is 155 g/mol. The minimum Gasteiger partial charge on any atom is -0.388 e. The van der Waals surface area contributed by atoms with Gasteiger partial charge in [0.15, 0.2) is 0 Å². The van der Waals surface area contributed by atoms with Gasteiger partial charge in [0.1, 0.15) is 0 Å². The van der Waals surface area contributed by atoms with Crippen molar-refractivity contribution in [2.45, 2.75) is 12.5 Å². The summed E-state index contributed by atoms with van der Waals surface area (Å²) in [6.07, 6.45) is 0.444. The Balaban J connectivity index is 2.58. The van der Waals surface area contributed by atoms with Crippen LogP contribution < -0.4 is 0 Å². The van der Waals surface area contributed by atoms with Crippen LogP contribution in [-0.4, -0.2) is 5.11 Å². The summed E-state index contributed by atoms with van der Waals surface area (Å²) in [7, 11) is 0. The molecule has 0 saturated carbocycles. The Morgan fingerprint density at radius 1 is 1.50 bits per heavy atom. The van der Waals surface area contributed by atoms with Crippen LogP contribution in [0.2, 0.25) is 5.02 Å². The van der Waals surface area contributed by atoms with Crippen molar-refractivity contribution in [3.8, 4) is 0 Å². The highest BCUT2D eigenvalue weighted by atomic mass is 35.5. The molecule has 0 aliphatic heterocycles. The molecule has 0 heterocycles. The van der Waals surface area contributed by atoms with Gasteiger partial charge in [0.05, 0.1) is 6.10 Å². The predicted molar refractivity (Wildman–Crippen MR) is 40.1 cm³/mol. The molecular weight excluding hydrogens is 148 g/mol. The first-order valence-electron chi connectivity index (χ1n) is 3.24. The van der Waals surface area contributed by atoms with E-state index in [1.165, 1.54) is 5.56 Å². The van der Waals surface area contributed by atoms with Crippen LogP contribution in [0.1, 0.15) is 17.2 Å². The third-order valence-electron chi connectivity index (χ3n) is 1.89. The van der Waals surface area contributed by atoms with Gasteiger partial charge in [-0.1, -0.05) is 23.7 Å². The van der Waals surface area contributed by atoms with Gasteiger partial charge >= 0.3 is 0 Å². The highest BCUT2D eigenvalue weighted by Crippen LogP contribution is 2.37. The first-order chi connectivity index (χ1) is 4.79. The molecule has 1 aliphatic rings. The van der Waals surface area contributed by atoms with Crippen LogP contribution in [0.25, 0.3) is 0 Å². The van der Waals surface area contributed by atoms with E-state index in [0.29, 0.717) is 5.02 Å². The summed E-state index contributed by atoms with van der Waals surface area (Å²) < 4.78 is 0. The third-order valence-corrected chi connectivity index (χ3v) is 2.22. The highest BCUT2D eigenvalue weighted by molar-refractivity contribution is 6.31. The number of hydrogen-bond acceptors (Lipinski definition) is 1. The predicted octanol–water partition coefficient (Wildman–Crippen LogP) is 1.93. The number of benzene rings is 1. The van der Waals surface area contributed by atoms with E-state index < -0.39 is 0 Å². The average Bonchev–Trinajstić information content (AvgIpc) is 1.85. The molecule has 0 aromatic heterocycles. The molecule has 52 valence electrons. The summed E-state index contributed by atoms with van der Waals surface area (Å²) in [6.45, 7) is 0. The van der Waals surface area contributed by atoms with Crippen molar-refractivity contribution >= 4 is 11.6 Å². The van der Waals surface area contributed by atoms with E-state index >= 15 is 0 Å². The van der Waals surface area contributed by atoms with Crippen molar-refractivity contribution in [2.24, 2.45) is 0 Å². The number of aliphatic hydroxyl groups is 1. The van der Waals surface area contributed by atoms with Crippen molar-refractivity contribution in [3.05, 3.63) is 34.3 Å². The van der Waals surface area contributed by atoms with Crippen molar-refractivity contribution in [3.63, 3.8) is 0 Å². The van der Waals surface area contributed by atoms with E-state index in [0.717, 1.165) is 12.0 Å². The van der Waals surface area contributed by atoms with Crippen LogP contribution >= 0.6 is 11.6 Å². The summed E-state index contributed by atoms with van der Waals surface area (Å²) in [5, 5.41) is 9.89. The Morgan fingerprint density at radius 3 is 2.80 bits per heavy atom. The lowest BCUT2D eigenvalue weighted by molar-refractivity contribution is 0.154. The van der Waals surface area contributed by atoms with Crippen LogP contribution in [0, 0.1) is 0 Å². The van der Waals surface area contributed by atoms with Gasteiger partial charge in [-0.15, -0.1) is 0 Å². The van der Waals surface area contributed by atoms with Crippen LogP contribution in [0.5, 0.6) is 0 Å². The number of fused-ring (bicyclic) bond motifs is 1. The van der Waals surface area contributed by atoms with Gasteiger partial charge in [0.2, 0.25) is 0 Å². The van der Waals surface area contributed by atoms with Crippen molar-refractivity contribution < 1.29 is 5.11 Å². The first-order valence-corrected chi connectivity index (χ1v) is 3.62. The second-order valence-electron chi connectivity index (χ2n) is 2.53. The topological polar surface area (TPSA) is 20.2 Å². The molecule has 1 aromatic rings. The Morgan fingerprint density at radius 2 is 2.30 bits per heavy atom. The lowest BCUT2D eigenvalue weighted by Gasteiger charge is -2.26. The fraction of sp³-hybridized carbons (Fsp3) is 0.250. The molecule has 10 heavy (non-hydrogen) atoms. The van der Waals surface area contributed by atoms with E-state index in [2.05, 4.69) is 0 Å². The van der Waals surface area contributed by atoms with Gasteiger partial charge in [0, 0.05) is 17.0 Å². The van der Waals surface area contributed by atoms with Crippen molar-refractivity contribution in [1.82, 2.24) is 0 Å². The summed E-state index contributed by atoms with van der Waals surface area (Å²) in [4.78, 5) is 0. The molecule has 0 radical (unpaired) electrons. The number of aliphatic hydroxyl groups excluding tert-OH is 1. The maximum atomic E-state index is 9.20. The first kappa shape index (κ1) is 6.20. The highest BCUT2D eigenvalue weighted by Gasteiger charge is 2.25. The molecule has 1 aliphatic carbocycles. The van der Waals surface area contributed by atoms with E-state index in [4.69, 9.17) is 11.6 Å². The molecule has 0 amide bonds. The second kappa shape index (κ2) is 1.97. The van der Waals surface area contributed by atoms with Gasteiger partial charge in [-0.25, -0.2) is 0 Å². The summed E-state index contributed by atoms with van der Waals surface area (Å²) in [5.41, 5.74) is 2.10. The van der Waals surface area contributed by atoms with Crippen LogP contribution in [0.4, 0.5) is 0 Å². The van der Waals surface area contributed by atoms with Gasteiger partial charge in [0.25, 0.3) is 0 Å². The van der Waals surface area contributed by atoms with Gasteiger partial charge in [-0.05, 0) is 11.6 Å². The lowest BCUT2D eigenvalue weighted by atomic mass is 9.86. The zero-order valence-corrected chi connectivity index (χ0v) is 6.10. The zero-order chi connectivity index (χ0) is 7.14. The quantitative estimate of drug-likeness (QED) is 0.606. The summed E-state index contributed by atoms with van der Waals surface area (Å²) in [6, 6.07) is 5.71. The maximum Gasteiger partial charge on any atom is 0.0847 e. The van der Waals surface area contributed by atoms with E-state index in [9.17, 15) is 5.11 Å². The van der Waals surface area contributed by atoms with Crippen LogP contribution in [-0.2, 0) is 6.42 Å². The largest absolute Gasteiger partial charge is 0.388 e. The lowest BCUT2D eigenvalue weighted by Crippen LogP contribution is -2.16. The van der Waals surface area contributed by atoms with E-state index in [1.54, 1.807) is 0 Å². The molecule has 0 spiro atoms. The molecule has 1 unspecified atom stereocenters. The number of rotatable bonds is 0. The molecule has 2 heteroatoms. The minimum absolute atomic E-state index is 0.316. The molecule has 1 aromatic carbocycles. The van der Waals surface area contributed by atoms with Crippen molar-refractivity contribution in [2.75, 3.05) is 0 Å². The van der Waals surface area contributed by atoms with E-state index in [1.807, 2.05) is 18.2 Å². The summed E-state index contributed by atoms with van der Waals surface area (Å²) >= 11 is 5.80. The molecular formula is C8H7ClO. The normalized spacial score (nSPS) is 21.6. The molecule has 1 nitrogen and oxygen atoms in total. The third kappa shape index (κ3) is 0.678. The Kier molecular flexibility index (Phi) is 1.22. The maximum absolute atomic E-state index is 9.20. The van der Waals surface area contributed by atoms with Gasteiger partial charge in [-0.2, -0.15) is 0 Å². The fourth-order valence-electron chi connectivity index (χ4n) is 1.31.